The van der Waals surface area contributed by atoms with E-state index in [-0.39, 0.29) is 11.2 Å². The molecule has 132 valence electrons. The van der Waals surface area contributed by atoms with Crippen molar-refractivity contribution in [2.45, 2.75) is 32.6 Å². The summed E-state index contributed by atoms with van der Waals surface area (Å²) < 4.78 is 1.31. The van der Waals surface area contributed by atoms with Gasteiger partial charge < -0.3 is 0 Å². The van der Waals surface area contributed by atoms with Crippen molar-refractivity contribution >= 4 is 33.5 Å². The Labute approximate surface area is 152 Å². The highest BCUT2D eigenvalue weighted by molar-refractivity contribution is 7.18. The number of hydrogen-bond acceptors (Lipinski definition) is 6. The van der Waals surface area contributed by atoms with E-state index in [1.807, 2.05) is 0 Å². The van der Waals surface area contributed by atoms with Crippen LogP contribution in [0.4, 0.5) is 5.69 Å². The smallest absolute Gasteiger partial charge is 0.267 e. The van der Waals surface area contributed by atoms with Crippen LogP contribution in [0.1, 0.15) is 34.7 Å². The van der Waals surface area contributed by atoms with Gasteiger partial charge in [0.15, 0.2) is 0 Å². The summed E-state index contributed by atoms with van der Waals surface area (Å²) in [4.78, 5) is 29.9. The predicted octanol–water partition coefficient (Wildman–Crippen LogP) is 3.44. The fourth-order valence-corrected chi connectivity index (χ4v) is 4.54. The van der Waals surface area contributed by atoms with Gasteiger partial charge in [0.1, 0.15) is 10.7 Å². The Kier molecular flexibility index (Phi) is 4.12. The van der Waals surface area contributed by atoms with Gasteiger partial charge in [-0.25, -0.2) is 4.98 Å². The van der Waals surface area contributed by atoms with E-state index in [2.05, 4.69) is 10.1 Å². The Hall–Kier alpha value is -2.87. The lowest BCUT2D eigenvalue weighted by atomic mass is 9.97. The molecule has 3 aromatic rings. The zero-order chi connectivity index (χ0) is 18.3. The third-order valence-electron chi connectivity index (χ3n) is 4.56. The van der Waals surface area contributed by atoms with Crippen molar-refractivity contribution in [3.8, 4) is 0 Å². The largest absolute Gasteiger partial charge is 0.283 e. The van der Waals surface area contributed by atoms with Crippen LogP contribution < -0.4 is 5.56 Å². The Balaban J connectivity index is 1.76. The Bertz CT molecular complexity index is 1100. The third kappa shape index (κ3) is 2.82. The molecule has 0 unspecified atom stereocenters. The molecule has 1 aromatic carbocycles. The Morgan fingerprint density at radius 3 is 2.73 bits per heavy atom. The first-order chi connectivity index (χ1) is 12.5. The maximum absolute atomic E-state index is 13.0. The molecule has 0 N–H and O–H groups in total. The monoisotopic (exact) mass is 368 g/mol. The second-order valence-electron chi connectivity index (χ2n) is 6.26. The number of benzene rings is 1. The SMILES string of the molecule is Cc1nc2sc3c(c2c(=O)n1N=Cc1ccc([N+](=O)[O-])cc1)CCCC3. The van der Waals surface area contributed by atoms with E-state index >= 15 is 0 Å². The van der Waals surface area contributed by atoms with Crippen molar-refractivity contribution in [1.29, 1.82) is 0 Å². The van der Waals surface area contributed by atoms with E-state index in [4.69, 9.17) is 0 Å². The minimum Gasteiger partial charge on any atom is -0.267 e. The maximum atomic E-state index is 13.0. The molecular weight excluding hydrogens is 352 g/mol. The van der Waals surface area contributed by atoms with Crippen LogP contribution in [-0.4, -0.2) is 20.8 Å². The number of aromatic nitrogens is 2. The fourth-order valence-electron chi connectivity index (χ4n) is 3.24. The molecule has 0 bridgehead atoms. The van der Waals surface area contributed by atoms with Gasteiger partial charge in [0.2, 0.25) is 0 Å². The number of thiophene rings is 1. The number of nitro benzene ring substituents is 1. The molecule has 0 saturated carbocycles. The van der Waals surface area contributed by atoms with Crippen molar-refractivity contribution in [3.05, 3.63) is 66.6 Å². The maximum Gasteiger partial charge on any atom is 0.283 e. The molecule has 0 fully saturated rings. The van der Waals surface area contributed by atoms with E-state index in [1.165, 1.54) is 27.9 Å². The lowest BCUT2D eigenvalue weighted by Gasteiger charge is -2.10. The highest BCUT2D eigenvalue weighted by atomic mass is 32.1. The molecule has 2 heterocycles. The fraction of sp³-hybridized carbons (Fsp3) is 0.278. The first-order valence-corrected chi connectivity index (χ1v) is 9.19. The van der Waals surface area contributed by atoms with Crippen LogP contribution in [0.15, 0.2) is 34.2 Å². The number of rotatable bonds is 3. The third-order valence-corrected chi connectivity index (χ3v) is 5.74. The summed E-state index contributed by atoms with van der Waals surface area (Å²) >= 11 is 1.62. The van der Waals surface area contributed by atoms with Gasteiger partial charge in [-0.2, -0.15) is 9.78 Å². The van der Waals surface area contributed by atoms with Crippen LogP contribution in [-0.2, 0) is 12.8 Å². The summed E-state index contributed by atoms with van der Waals surface area (Å²) in [6.07, 6.45) is 5.70. The second kappa shape index (κ2) is 6.45. The van der Waals surface area contributed by atoms with Crippen molar-refractivity contribution < 1.29 is 4.92 Å². The molecule has 1 aliphatic carbocycles. The summed E-state index contributed by atoms with van der Waals surface area (Å²) in [6, 6.07) is 6.02. The van der Waals surface area contributed by atoms with Gasteiger partial charge in [0.05, 0.1) is 16.5 Å². The van der Waals surface area contributed by atoms with Gasteiger partial charge in [-0.3, -0.25) is 14.9 Å². The molecule has 0 aliphatic heterocycles. The molecular formula is C18H16N4O3S. The number of non-ortho nitro benzene ring substituents is 1. The van der Waals surface area contributed by atoms with E-state index in [0.717, 1.165) is 36.1 Å². The summed E-state index contributed by atoms with van der Waals surface area (Å²) in [7, 11) is 0. The summed E-state index contributed by atoms with van der Waals surface area (Å²) in [6.45, 7) is 1.76. The minimum absolute atomic E-state index is 0.0171. The highest BCUT2D eigenvalue weighted by Gasteiger charge is 2.21. The number of hydrogen-bond donors (Lipinski definition) is 0. The number of nitro groups is 1. The number of nitrogens with zero attached hydrogens (tertiary/aromatic N) is 4. The Morgan fingerprint density at radius 2 is 2.00 bits per heavy atom. The van der Waals surface area contributed by atoms with E-state index in [9.17, 15) is 14.9 Å². The van der Waals surface area contributed by atoms with E-state index < -0.39 is 4.92 Å². The molecule has 0 amide bonds. The molecule has 0 saturated heterocycles. The van der Waals surface area contributed by atoms with Crippen molar-refractivity contribution in [1.82, 2.24) is 9.66 Å². The minimum atomic E-state index is -0.451. The molecule has 1 aliphatic rings. The molecule has 2 aromatic heterocycles. The van der Waals surface area contributed by atoms with Gasteiger partial charge in [-0.1, -0.05) is 0 Å². The zero-order valence-corrected chi connectivity index (χ0v) is 15.0. The summed E-state index contributed by atoms with van der Waals surface area (Å²) in [5.74, 6) is 0.527. The Morgan fingerprint density at radius 1 is 1.27 bits per heavy atom. The summed E-state index contributed by atoms with van der Waals surface area (Å²) in [5, 5.41) is 15.7. The average molecular weight is 368 g/mol. The lowest BCUT2D eigenvalue weighted by molar-refractivity contribution is -0.384. The molecule has 26 heavy (non-hydrogen) atoms. The van der Waals surface area contributed by atoms with E-state index in [0.29, 0.717) is 16.8 Å². The van der Waals surface area contributed by atoms with Gasteiger partial charge in [0, 0.05) is 17.0 Å². The van der Waals surface area contributed by atoms with Gasteiger partial charge in [-0.15, -0.1) is 11.3 Å². The van der Waals surface area contributed by atoms with Crippen molar-refractivity contribution in [3.63, 3.8) is 0 Å². The second-order valence-corrected chi connectivity index (χ2v) is 7.34. The molecule has 0 radical (unpaired) electrons. The molecule has 0 atom stereocenters. The van der Waals surface area contributed by atoms with Crippen molar-refractivity contribution in [2.75, 3.05) is 0 Å². The van der Waals surface area contributed by atoms with E-state index in [1.54, 1.807) is 30.4 Å². The standard InChI is InChI=1S/C18H16N4O3S/c1-11-20-17-16(14-4-2-3-5-15(14)26-17)18(23)21(11)19-10-12-6-8-13(9-7-12)22(24)25/h6-10H,2-5H2,1H3. The quantitative estimate of drug-likeness (QED) is 0.402. The predicted molar refractivity (Wildman–Crippen MR) is 101 cm³/mol. The zero-order valence-electron chi connectivity index (χ0n) is 14.1. The topological polar surface area (TPSA) is 90.4 Å². The first-order valence-electron chi connectivity index (χ1n) is 8.37. The van der Waals surface area contributed by atoms with Crippen LogP contribution in [0, 0.1) is 17.0 Å². The molecule has 4 rings (SSSR count). The van der Waals surface area contributed by atoms with Crippen molar-refractivity contribution in [2.24, 2.45) is 5.10 Å². The number of aryl methyl sites for hydroxylation is 3. The van der Waals surface area contributed by atoms with Gasteiger partial charge >= 0.3 is 0 Å². The molecule has 7 nitrogen and oxygen atoms in total. The van der Waals surface area contributed by atoms with Crippen LogP contribution in [0.2, 0.25) is 0 Å². The normalized spacial score (nSPS) is 14.0. The first kappa shape index (κ1) is 16.6. The van der Waals surface area contributed by atoms with Crippen LogP contribution in [0.25, 0.3) is 10.2 Å². The highest BCUT2D eigenvalue weighted by Crippen LogP contribution is 2.33. The van der Waals surface area contributed by atoms with Crippen LogP contribution >= 0.6 is 11.3 Å². The molecule has 0 spiro atoms. The average Bonchev–Trinajstić information content (AvgIpc) is 3.00. The van der Waals surface area contributed by atoms with Gasteiger partial charge in [0.25, 0.3) is 11.2 Å². The van der Waals surface area contributed by atoms with Gasteiger partial charge in [-0.05, 0) is 55.9 Å². The molecule has 8 heteroatoms. The van der Waals surface area contributed by atoms with Crippen LogP contribution in [0.5, 0.6) is 0 Å². The van der Waals surface area contributed by atoms with Crippen LogP contribution in [0.3, 0.4) is 0 Å². The summed E-state index contributed by atoms with van der Waals surface area (Å²) in [5.41, 5.74) is 1.68. The lowest BCUT2D eigenvalue weighted by Crippen LogP contribution is -2.21. The number of fused-ring (bicyclic) bond motifs is 3.